The van der Waals surface area contributed by atoms with Crippen LogP contribution in [0.5, 0.6) is 5.75 Å². The molecule has 1 N–H and O–H groups in total. The van der Waals surface area contributed by atoms with E-state index in [9.17, 15) is 4.79 Å². The Hall–Kier alpha value is -3.12. The molecule has 170 valence electrons. The molecular weight excluding hydrogens is 478 g/mol. The van der Waals surface area contributed by atoms with Crippen molar-refractivity contribution >= 4 is 32.9 Å². The number of hydrogen-bond donors (Lipinski definition) is 1. The minimum atomic E-state index is -0.132. The summed E-state index contributed by atoms with van der Waals surface area (Å²) < 4.78 is 9.22. The van der Waals surface area contributed by atoms with E-state index in [4.69, 9.17) is 9.72 Å². The van der Waals surface area contributed by atoms with Crippen molar-refractivity contribution in [2.45, 2.75) is 39.8 Å². The van der Waals surface area contributed by atoms with Gasteiger partial charge in [0.1, 0.15) is 18.2 Å². The van der Waals surface area contributed by atoms with Gasteiger partial charge < -0.3 is 14.6 Å². The number of rotatable bonds is 8. The fourth-order valence-corrected chi connectivity index (χ4v) is 4.29. The van der Waals surface area contributed by atoms with Crippen molar-refractivity contribution in [1.29, 1.82) is 0 Å². The van der Waals surface area contributed by atoms with E-state index in [1.807, 2.05) is 36.4 Å². The number of para-hydroxylation sites is 2. The van der Waals surface area contributed by atoms with Gasteiger partial charge in [0.25, 0.3) is 5.91 Å². The number of amides is 1. The monoisotopic (exact) mass is 505 g/mol. The van der Waals surface area contributed by atoms with E-state index in [0.29, 0.717) is 31.2 Å². The molecule has 0 unspecified atom stereocenters. The Morgan fingerprint density at radius 2 is 1.91 bits per heavy atom. The highest BCUT2D eigenvalue weighted by Crippen LogP contribution is 2.27. The van der Waals surface area contributed by atoms with Gasteiger partial charge in [0.05, 0.1) is 24.1 Å². The minimum Gasteiger partial charge on any atom is -0.491 e. The van der Waals surface area contributed by atoms with Crippen molar-refractivity contribution in [1.82, 2.24) is 14.9 Å². The molecule has 0 saturated carbocycles. The van der Waals surface area contributed by atoms with Crippen molar-refractivity contribution in [3.05, 3.63) is 93.7 Å². The second kappa shape index (κ2) is 10.2. The summed E-state index contributed by atoms with van der Waals surface area (Å²) in [4.78, 5) is 17.4. The average Bonchev–Trinajstić information content (AvgIpc) is 3.15. The van der Waals surface area contributed by atoms with Gasteiger partial charge in [0, 0.05) is 10.0 Å². The van der Waals surface area contributed by atoms with Gasteiger partial charge in [-0.05, 0) is 60.4 Å². The van der Waals surface area contributed by atoms with E-state index >= 15 is 0 Å². The molecule has 5 nitrogen and oxygen atoms in total. The third kappa shape index (κ3) is 5.45. The minimum absolute atomic E-state index is 0.132. The number of fused-ring (bicyclic) bond motifs is 1. The SMILES string of the molecule is Cc1ccc(C(C)C)c(OCCn2c(CNC(=O)c3cccc(Br)c3)nc3ccccc32)c1. The summed E-state index contributed by atoms with van der Waals surface area (Å²) in [5, 5.41) is 3.00. The first-order valence-corrected chi connectivity index (χ1v) is 11.9. The smallest absolute Gasteiger partial charge is 0.251 e. The topological polar surface area (TPSA) is 56.1 Å². The first-order valence-electron chi connectivity index (χ1n) is 11.1. The molecule has 0 fully saturated rings. The van der Waals surface area contributed by atoms with Gasteiger partial charge in [0.15, 0.2) is 0 Å². The van der Waals surface area contributed by atoms with Crippen LogP contribution in [-0.2, 0) is 13.1 Å². The third-order valence-corrected chi connectivity index (χ3v) is 6.08. The molecule has 0 atom stereocenters. The highest BCUT2D eigenvalue weighted by Gasteiger charge is 2.14. The predicted octanol–water partition coefficient (Wildman–Crippen LogP) is 6.24. The van der Waals surface area contributed by atoms with Gasteiger partial charge >= 0.3 is 0 Å². The number of carbonyl (C=O) groups excluding carboxylic acids is 1. The standard InChI is InChI=1S/C27H28BrN3O2/c1-18(2)22-12-11-19(3)15-25(22)33-14-13-31-24-10-5-4-9-23(24)30-26(31)17-29-27(32)20-7-6-8-21(28)16-20/h4-12,15-16,18H,13-14,17H2,1-3H3,(H,29,32). The van der Waals surface area contributed by atoms with E-state index < -0.39 is 0 Å². The highest BCUT2D eigenvalue weighted by atomic mass is 79.9. The zero-order chi connectivity index (χ0) is 23.4. The van der Waals surface area contributed by atoms with Crippen molar-refractivity contribution in [3.63, 3.8) is 0 Å². The molecule has 1 amide bonds. The van der Waals surface area contributed by atoms with Crippen LogP contribution >= 0.6 is 15.9 Å². The van der Waals surface area contributed by atoms with Crippen molar-refractivity contribution < 1.29 is 9.53 Å². The molecule has 0 bridgehead atoms. The molecule has 4 rings (SSSR count). The summed E-state index contributed by atoms with van der Waals surface area (Å²) in [5.74, 6) is 1.99. The second-order valence-electron chi connectivity index (χ2n) is 8.41. The third-order valence-electron chi connectivity index (χ3n) is 5.59. The molecule has 1 heterocycles. The van der Waals surface area contributed by atoms with Gasteiger partial charge in [-0.25, -0.2) is 4.98 Å². The Morgan fingerprint density at radius 3 is 2.70 bits per heavy atom. The maximum Gasteiger partial charge on any atom is 0.251 e. The summed E-state index contributed by atoms with van der Waals surface area (Å²) in [5.41, 5.74) is 4.93. The molecule has 6 heteroatoms. The lowest BCUT2D eigenvalue weighted by atomic mass is 10.0. The molecule has 1 aromatic heterocycles. The Labute approximate surface area is 202 Å². The zero-order valence-corrected chi connectivity index (χ0v) is 20.7. The lowest BCUT2D eigenvalue weighted by Crippen LogP contribution is -2.25. The molecule has 0 aliphatic rings. The lowest BCUT2D eigenvalue weighted by molar-refractivity contribution is 0.0949. The van der Waals surface area contributed by atoms with Crippen LogP contribution < -0.4 is 10.1 Å². The number of carbonyl (C=O) groups is 1. The van der Waals surface area contributed by atoms with Crippen LogP contribution in [0.15, 0.2) is 71.2 Å². The van der Waals surface area contributed by atoms with E-state index in [0.717, 1.165) is 27.1 Å². The fourth-order valence-electron chi connectivity index (χ4n) is 3.89. The lowest BCUT2D eigenvalue weighted by Gasteiger charge is -2.16. The van der Waals surface area contributed by atoms with Gasteiger partial charge in [-0.15, -0.1) is 0 Å². The van der Waals surface area contributed by atoms with Crippen LogP contribution in [0, 0.1) is 6.92 Å². The van der Waals surface area contributed by atoms with Gasteiger partial charge in [-0.2, -0.15) is 0 Å². The number of imidazole rings is 1. The Bertz CT molecular complexity index is 1280. The fraction of sp³-hybridized carbons (Fsp3) is 0.259. The number of benzene rings is 3. The number of nitrogens with zero attached hydrogens (tertiary/aromatic N) is 2. The highest BCUT2D eigenvalue weighted by molar-refractivity contribution is 9.10. The zero-order valence-electron chi connectivity index (χ0n) is 19.1. The summed E-state index contributed by atoms with van der Waals surface area (Å²) in [6.07, 6.45) is 0. The molecular formula is C27H28BrN3O2. The second-order valence-corrected chi connectivity index (χ2v) is 9.32. The van der Waals surface area contributed by atoms with E-state index in [2.05, 4.69) is 64.8 Å². The van der Waals surface area contributed by atoms with Crippen LogP contribution in [0.2, 0.25) is 0 Å². The predicted molar refractivity (Wildman–Crippen MR) is 136 cm³/mol. The number of hydrogen-bond acceptors (Lipinski definition) is 3. The number of aromatic nitrogens is 2. The Kier molecular flexibility index (Phi) is 7.14. The molecule has 3 aromatic carbocycles. The van der Waals surface area contributed by atoms with Crippen molar-refractivity contribution in [2.24, 2.45) is 0 Å². The quantitative estimate of drug-likeness (QED) is 0.308. The Morgan fingerprint density at radius 1 is 1.09 bits per heavy atom. The molecule has 33 heavy (non-hydrogen) atoms. The van der Waals surface area contributed by atoms with Gasteiger partial charge in [0.2, 0.25) is 0 Å². The normalized spacial score (nSPS) is 11.2. The number of ether oxygens (including phenoxy) is 1. The van der Waals surface area contributed by atoms with Crippen LogP contribution in [0.25, 0.3) is 11.0 Å². The summed E-state index contributed by atoms with van der Waals surface area (Å²) in [6, 6.07) is 21.7. The van der Waals surface area contributed by atoms with E-state index in [1.54, 1.807) is 12.1 Å². The first-order chi connectivity index (χ1) is 15.9. The van der Waals surface area contributed by atoms with Crippen LogP contribution in [0.1, 0.15) is 47.1 Å². The molecule has 4 aromatic rings. The summed E-state index contributed by atoms with van der Waals surface area (Å²) in [6.45, 7) is 7.90. The summed E-state index contributed by atoms with van der Waals surface area (Å²) >= 11 is 3.42. The number of nitrogens with one attached hydrogen (secondary N) is 1. The molecule has 0 saturated heterocycles. The average molecular weight is 506 g/mol. The molecule has 0 spiro atoms. The van der Waals surface area contributed by atoms with Crippen LogP contribution in [-0.4, -0.2) is 22.1 Å². The summed E-state index contributed by atoms with van der Waals surface area (Å²) in [7, 11) is 0. The van der Waals surface area contributed by atoms with E-state index in [1.165, 1.54) is 11.1 Å². The largest absolute Gasteiger partial charge is 0.491 e. The van der Waals surface area contributed by atoms with Crippen LogP contribution in [0.4, 0.5) is 0 Å². The Balaban J connectivity index is 1.51. The number of aryl methyl sites for hydroxylation is 1. The molecule has 0 aliphatic heterocycles. The van der Waals surface area contributed by atoms with Gasteiger partial charge in [-0.1, -0.05) is 60.1 Å². The van der Waals surface area contributed by atoms with Crippen molar-refractivity contribution in [3.8, 4) is 5.75 Å². The maximum absolute atomic E-state index is 12.6. The number of halogens is 1. The maximum atomic E-state index is 12.6. The molecule has 0 aliphatic carbocycles. The van der Waals surface area contributed by atoms with Gasteiger partial charge in [-0.3, -0.25) is 4.79 Å². The van der Waals surface area contributed by atoms with Crippen LogP contribution in [0.3, 0.4) is 0 Å². The van der Waals surface area contributed by atoms with Crippen molar-refractivity contribution in [2.75, 3.05) is 6.61 Å². The first kappa shape index (κ1) is 23.1. The molecule has 0 radical (unpaired) electrons. The van der Waals surface area contributed by atoms with E-state index in [-0.39, 0.29) is 5.91 Å².